The van der Waals surface area contributed by atoms with Crippen LogP contribution in [0.25, 0.3) is 10.2 Å². The predicted octanol–water partition coefficient (Wildman–Crippen LogP) is 4.07. The minimum absolute atomic E-state index is 0.0599. The van der Waals surface area contributed by atoms with E-state index < -0.39 is 17.8 Å². The van der Waals surface area contributed by atoms with Gasteiger partial charge in [-0.25, -0.2) is 9.37 Å². The van der Waals surface area contributed by atoms with E-state index in [1.165, 1.54) is 17.7 Å². The Hall–Kier alpha value is -3.82. The maximum Gasteiger partial charge on any atom is 0.318 e. The maximum absolute atomic E-state index is 13.8. The van der Waals surface area contributed by atoms with E-state index in [0.717, 1.165) is 71.9 Å². The molecule has 43 heavy (non-hydrogen) atoms. The topological polar surface area (TPSA) is 102 Å². The lowest BCUT2D eigenvalue weighted by Crippen LogP contribution is -2.55. The zero-order chi connectivity index (χ0) is 29.6. The Bertz CT molecular complexity index is 1590. The number of rotatable bonds is 7. The number of hydrogen-bond donors (Lipinski definition) is 0. The molecule has 0 N–H and O–H groups in total. The summed E-state index contributed by atoms with van der Waals surface area (Å²) in [6.45, 7) is 8.46. The Morgan fingerprint density at radius 3 is 2.79 bits per heavy atom. The van der Waals surface area contributed by atoms with Crippen LogP contribution in [0.15, 0.2) is 36.1 Å². The van der Waals surface area contributed by atoms with Crippen molar-refractivity contribution < 1.29 is 13.9 Å². The summed E-state index contributed by atoms with van der Waals surface area (Å²) in [5.74, 6) is -0.973. The summed E-state index contributed by atoms with van der Waals surface area (Å²) in [6.07, 6.45) is 5.45. The Morgan fingerprint density at radius 2 is 2.00 bits per heavy atom. The van der Waals surface area contributed by atoms with Crippen molar-refractivity contribution in [1.29, 1.82) is 5.26 Å². The molecule has 0 unspecified atom stereocenters. The molecule has 3 fully saturated rings. The first-order valence-electron chi connectivity index (χ1n) is 15.1. The Labute approximate surface area is 254 Å². The number of benzene rings is 1. The number of nitrogens with zero attached hydrogens (tertiary/aromatic N) is 8. The van der Waals surface area contributed by atoms with E-state index in [2.05, 4.69) is 50.5 Å². The van der Waals surface area contributed by atoms with Crippen LogP contribution in [0.3, 0.4) is 0 Å². The molecule has 0 saturated carbocycles. The molecule has 1 atom stereocenters. The molecule has 1 amide bonds. The van der Waals surface area contributed by atoms with Gasteiger partial charge in [-0.3, -0.25) is 9.69 Å². The van der Waals surface area contributed by atoms with E-state index in [0.29, 0.717) is 32.3 Å². The molecule has 3 aromatic rings. The van der Waals surface area contributed by atoms with Crippen LogP contribution >= 0.6 is 11.3 Å². The average molecular weight is 603 g/mol. The van der Waals surface area contributed by atoms with Gasteiger partial charge in [0.2, 0.25) is 0 Å². The van der Waals surface area contributed by atoms with Gasteiger partial charge in [-0.05, 0) is 57.3 Å². The van der Waals surface area contributed by atoms with Crippen molar-refractivity contribution in [3.63, 3.8) is 0 Å². The Balaban J connectivity index is 1.21. The molecule has 2 aromatic heterocycles. The van der Waals surface area contributed by atoms with Crippen LogP contribution in [0.1, 0.15) is 43.4 Å². The molecular formula is C31H35FN8O2S. The molecule has 6 heterocycles. The number of para-hydroxylation sites is 1. The Morgan fingerprint density at radius 1 is 1.16 bits per heavy atom. The first-order valence-corrected chi connectivity index (χ1v) is 16.0. The molecule has 0 bridgehead atoms. The van der Waals surface area contributed by atoms with Crippen molar-refractivity contribution in [3.8, 4) is 12.1 Å². The highest BCUT2D eigenvalue weighted by molar-refractivity contribution is 7.16. The van der Waals surface area contributed by atoms with Crippen LogP contribution in [0.4, 0.5) is 15.9 Å². The fraction of sp³-hybridized carbons (Fsp3) is 0.516. The molecule has 12 heteroatoms. The largest absolute Gasteiger partial charge is 0.461 e. The number of halogens is 1. The van der Waals surface area contributed by atoms with Crippen LogP contribution in [0, 0.1) is 11.3 Å². The fourth-order valence-corrected chi connectivity index (χ4v) is 8.16. The molecule has 4 aliphatic rings. The third kappa shape index (κ3) is 5.08. The second-order valence-corrected chi connectivity index (χ2v) is 12.9. The lowest BCUT2D eigenvalue weighted by Gasteiger charge is -2.42. The zero-order valence-corrected chi connectivity index (χ0v) is 25.0. The van der Waals surface area contributed by atoms with Gasteiger partial charge in [0.05, 0.1) is 52.2 Å². The summed E-state index contributed by atoms with van der Waals surface area (Å²) in [7, 11) is 0. The smallest absolute Gasteiger partial charge is 0.318 e. The molecule has 3 saturated heterocycles. The van der Waals surface area contributed by atoms with E-state index >= 15 is 0 Å². The second-order valence-electron chi connectivity index (χ2n) is 12.0. The van der Waals surface area contributed by atoms with Gasteiger partial charge in [0, 0.05) is 31.7 Å². The highest BCUT2D eigenvalue weighted by Crippen LogP contribution is 2.40. The number of ether oxygens (including phenoxy) is 1. The summed E-state index contributed by atoms with van der Waals surface area (Å²) in [5, 5.41) is 9.51. The monoisotopic (exact) mass is 602 g/mol. The first-order chi connectivity index (χ1) is 21.0. The van der Waals surface area contributed by atoms with Gasteiger partial charge >= 0.3 is 6.01 Å². The molecular weight excluding hydrogens is 567 g/mol. The normalized spacial score (nSPS) is 21.5. The second kappa shape index (κ2) is 11.4. The van der Waals surface area contributed by atoms with Crippen LogP contribution in [-0.2, 0) is 17.8 Å². The van der Waals surface area contributed by atoms with Gasteiger partial charge in [-0.1, -0.05) is 12.6 Å². The summed E-state index contributed by atoms with van der Waals surface area (Å²) in [6, 6.07) is 8.34. The highest BCUT2D eigenvalue weighted by Gasteiger charge is 2.45. The third-order valence-corrected chi connectivity index (χ3v) is 10.4. The number of nitriles is 1. The van der Waals surface area contributed by atoms with Crippen LogP contribution in [0.2, 0.25) is 0 Å². The summed E-state index contributed by atoms with van der Waals surface area (Å²) >= 11 is 1.63. The number of anilines is 2. The van der Waals surface area contributed by atoms with Crippen molar-refractivity contribution in [2.24, 2.45) is 0 Å². The van der Waals surface area contributed by atoms with E-state index in [4.69, 9.17) is 14.7 Å². The molecule has 0 spiro atoms. The molecule has 0 radical (unpaired) electrons. The summed E-state index contributed by atoms with van der Waals surface area (Å²) in [4.78, 5) is 35.6. The van der Waals surface area contributed by atoms with E-state index in [-0.39, 0.29) is 18.5 Å². The number of hydrogen-bond acceptors (Lipinski definition) is 10. The van der Waals surface area contributed by atoms with Crippen molar-refractivity contribution in [1.82, 2.24) is 24.8 Å². The maximum atomic E-state index is 13.8. The van der Waals surface area contributed by atoms with Gasteiger partial charge < -0.3 is 19.4 Å². The standard InChI is InChI=1S/C31H35FN8O2S/c1-21(32)29(41)40-16-15-38(17-22(40)7-11-33)28-23-8-14-37(25-5-2-6-26-27(25)34-20-43-26)18-24(23)35-30(36-28)42-19-31-9-3-12-39(31)13-4-10-31/h2,5-6,20,22H,1,3-4,7-10,12-19H2/t22-/m0/s1. The molecule has 7 rings (SSSR count). The Kier molecular flexibility index (Phi) is 7.39. The van der Waals surface area contributed by atoms with E-state index in [1.807, 2.05) is 5.51 Å². The van der Waals surface area contributed by atoms with Crippen LogP contribution in [-0.4, -0.2) is 88.1 Å². The number of carbonyl (C=O) groups excluding carboxylic acids is 1. The first kappa shape index (κ1) is 28.0. The SMILES string of the molecule is C=C(F)C(=O)N1CCN(c2nc(OCC34CCCN3CCC4)nc3c2CCN(c2cccc4scnc24)C3)C[C@@H]1CC#N. The fourth-order valence-electron chi connectivity index (χ4n) is 7.46. The number of carbonyl (C=O) groups is 1. The molecule has 10 nitrogen and oxygen atoms in total. The number of amides is 1. The van der Waals surface area contributed by atoms with E-state index in [9.17, 15) is 14.4 Å². The van der Waals surface area contributed by atoms with E-state index in [1.54, 1.807) is 11.3 Å². The number of fused-ring (bicyclic) bond motifs is 3. The highest BCUT2D eigenvalue weighted by atomic mass is 32.1. The third-order valence-electron chi connectivity index (χ3n) is 9.59. The summed E-state index contributed by atoms with van der Waals surface area (Å²) in [5.41, 5.74) is 6.00. The van der Waals surface area contributed by atoms with Crippen molar-refractivity contribution >= 4 is 39.0 Å². The number of thiazole rings is 1. The minimum atomic E-state index is -1.01. The van der Waals surface area contributed by atoms with Gasteiger partial charge in [0.15, 0.2) is 5.83 Å². The lowest BCUT2D eigenvalue weighted by molar-refractivity contribution is -0.131. The number of aromatic nitrogens is 3. The van der Waals surface area contributed by atoms with Gasteiger partial charge in [0.1, 0.15) is 17.9 Å². The molecule has 0 aliphatic carbocycles. The van der Waals surface area contributed by atoms with Crippen molar-refractivity contribution in [2.45, 2.75) is 56.7 Å². The molecule has 4 aliphatic heterocycles. The van der Waals surface area contributed by atoms with Crippen LogP contribution < -0.4 is 14.5 Å². The molecule has 1 aromatic carbocycles. The van der Waals surface area contributed by atoms with Gasteiger partial charge in [-0.15, -0.1) is 11.3 Å². The quantitative estimate of drug-likeness (QED) is 0.371. The predicted molar refractivity (Wildman–Crippen MR) is 163 cm³/mol. The van der Waals surface area contributed by atoms with Crippen LogP contribution in [0.5, 0.6) is 6.01 Å². The van der Waals surface area contributed by atoms with Crippen molar-refractivity contribution in [3.05, 3.63) is 47.4 Å². The summed E-state index contributed by atoms with van der Waals surface area (Å²) < 4.78 is 21.4. The zero-order valence-electron chi connectivity index (χ0n) is 24.2. The van der Waals surface area contributed by atoms with Gasteiger partial charge in [-0.2, -0.15) is 15.2 Å². The minimum Gasteiger partial charge on any atom is -0.461 e. The van der Waals surface area contributed by atoms with Gasteiger partial charge in [0.25, 0.3) is 5.91 Å². The van der Waals surface area contributed by atoms with Crippen molar-refractivity contribution in [2.75, 3.05) is 55.7 Å². The lowest BCUT2D eigenvalue weighted by atomic mass is 9.95. The average Bonchev–Trinajstić information content (AvgIpc) is 3.75. The molecule has 224 valence electrons. The number of piperazine rings is 1.